The summed E-state index contributed by atoms with van der Waals surface area (Å²) in [5.41, 5.74) is 0.529. The Morgan fingerprint density at radius 1 is 1.50 bits per heavy atom. The third-order valence-electron chi connectivity index (χ3n) is 3.15. The van der Waals surface area contributed by atoms with Gasteiger partial charge in [-0.2, -0.15) is 0 Å². The van der Waals surface area contributed by atoms with Gasteiger partial charge in [-0.1, -0.05) is 13.0 Å². The van der Waals surface area contributed by atoms with Crippen LogP contribution in [0.15, 0.2) is 11.6 Å². The lowest BCUT2D eigenvalue weighted by atomic mass is 10.2. The molecular weight excluding hydrogens is 202 g/mol. The van der Waals surface area contributed by atoms with E-state index in [0.717, 1.165) is 19.0 Å². The summed E-state index contributed by atoms with van der Waals surface area (Å²) < 4.78 is 0. The van der Waals surface area contributed by atoms with Gasteiger partial charge in [0.15, 0.2) is 0 Å². The second-order valence-corrected chi connectivity index (χ2v) is 4.88. The predicted octanol–water partition coefficient (Wildman–Crippen LogP) is 2.53. The van der Waals surface area contributed by atoms with Crippen molar-refractivity contribution < 1.29 is 9.90 Å². The van der Waals surface area contributed by atoms with Crippen molar-refractivity contribution in [2.45, 2.75) is 46.1 Å². The molecule has 0 saturated heterocycles. The van der Waals surface area contributed by atoms with Gasteiger partial charge in [-0.05, 0) is 39.0 Å². The zero-order chi connectivity index (χ0) is 12.1. The first-order valence-corrected chi connectivity index (χ1v) is 6.21. The minimum atomic E-state index is -0.780. The molecular formula is C13H23NO2. The molecule has 0 aromatic rings. The molecule has 1 aliphatic rings. The van der Waals surface area contributed by atoms with Crippen LogP contribution in [0.4, 0.5) is 0 Å². The van der Waals surface area contributed by atoms with Crippen molar-refractivity contribution in [1.82, 2.24) is 4.90 Å². The number of carboxylic acid groups (broad SMARTS) is 1. The Bertz CT molecular complexity index is 267. The van der Waals surface area contributed by atoms with Crippen molar-refractivity contribution in [3.05, 3.63) is 11.6 Å². The van der Waals surface area contributed by atoms with Gasteiger partial charge in [0.2, 0.25) is 0 Å². The molecule has 1 fully saturated rings. The van der Waals surface area contributed by atoms with Crippen LogP contribution in [0, 0.1) is 5.92 Å². The Hall–Kier alpha value is -0.830. The summed E-state index contributed by atoms with van der Waals surface area (Å²) in [4.78, 5) is 13.2. The number of aliphatic carboxylic acids is 1. The Morgan fingerprint density at radius 3 is 2.50 bits per heavy atom. The average molecular weight is 225 g/mol. The molecule has 0 unspecified atom stereocenters. The minimum absolute atomic E-state index is 0.490. The summed E-state index contributed by atoms with van der Waals surface area (Å²) >= 11 is 0. The maximum Gasteiger partial charge on any atom is 0.331 e. The van der Waals surface area contributed by atoms with E-state index in [0.29, 0.717) is 18.0 Å². The van der Waals surface area contributed by atoms with Gasteiger partial charge in [-0.15, -0.1) is 0 Å². The number of nitrogens with zero attached hydrogens (tertiary/aromatic N) is 1. The maximum absolute atomic E-state index is 10.9. The number of hydrogen-bond donors (Lipinski definition) is 1. The van der Waals surface area contributed by atoms with E-state index in [9.17, 15) is 4.79 Å². The maximum atomic E-state index is 10.9. The SMILES string of the molecule is CCC(=CCN(CC1CC1)C(C)C)C(=O)O. The van der Waals surface area contributed by atoms with E-state index in [1.807, 2.05) is 13.0 Å². The molecule has 1 saturated carbocycles. The van der Waals surface area contributed by atoms with Gasteiger partial charge in [0.05, 0.1) is 0 Å². The highest BCUT2D eigenvalue weighted by Gasteiger charge is 2.24. The van der Waals surface area contributed by atoms with E-state index in [2.05, 4.69) is 18.7 Å². The van der Waals surface area contributed by atoms with Gasteiger partial charge in [-0.25, -0.2) is 4.79 Å². The van der Waals surface area contributed by atoms with Gasteiger partial charge in [0.1, 0.15) is 0 Å². The lowest BCUT2D eigenvalue weighted by molar-refractivity contribution is -0.132. The molecule has 16 heavy (non-hydrogen) atoms. The summed E-state index contributed by atoms with van der Waals surface area (Å²) in [6.07, 6.45) is 5.15. The first-order chi connectivity index (χ1) is 7.54. The summed E-state index contributed by atoms with van der Waals surface area (Å²) in [6, 6.07) is 0.490. The first kappa shape index (κ1) is 13.2. The number of carboxylic acids is 1. The monoisotopic (exact) mass is 225 g/mol. The molecule has 0 spiro atoms. The molecule has 1 N–H and O–H groups in total. The largest absolute Gasteiger partial charge is 0.478 e. The standard InChI is InChI=1S/C13H23NO2/c1-4-12(13(15)16)7-8-14(10(2)3)9-11-5-6-11/h7,10-11H,4-6,8-9H2,1-3H3,(H,15,16). The van der Waals surface area contributed by atoms with Gasteiger partial charge in [0, 0.05) is 24.7 Å². The Labute approximate surface area is 98.1 Å². The molecule has 1 rings (SSSR count). The van der Waals surface area contributed by atoms with Gasteiger partial charge >= 0.3 is 5.97 Å². The highest BCUT2D eigenvalue weighted by molar-refractivity contribution is 5.86. The second kappa shape index (κ2) is 6.04. The van der Waals surface area contributed by atoms with Crippen molar-refractivity contribution in [3.8, 4) is 0 Å². The van der Waals surface area contributed by atoms with Crippen LogP contribution in [0.1, 0.15) is 40.0 Å². The van der Waals surface area contributed by atoms with E-state index in [-0.39, 0.29) is 0 Å². The van der Waals surface area contributed by atoms with Gasteiger partial charge < -0.3 is 5.11 Å². The molecule has 0 bridgehead atoms. The van der Waals surface area contributed by atoms with Gasteiger partial charge in [0.25, 0.3) is 0 Å². The lowest BCUT2D eigenvalue weighted by Crippen LogP contribution is -2.33. The number of carbonyl (C=O) groups is 1. The fraction of sp³-hybridized carbons (Fsp3) is 0.769. The van der Waals surface area contributed by atoms with Crippen LogP contribution in [0.2, 0.25) is 0 Å². The van der Waals surface area contributed by atoms with Crippen LogP contribution in [0.3, 0.4) is 0 Å². The first-order valence-electron chi connectivity index (χ1n) is 6.21. The predicted molar refractivity (Wildman–Crippen MR) is 65.4 cm³/mol. The molecule has 92 valence electrons. The molecule has 3 nitrogen and oxygen atoms in total. The number of hydrogen-bond acceptors (Lipinski definition) is 2. The highest BCUT2D eigenvalue weighted by atomic mass is 16.4. The van der Waals surface area contributed by atoms with Crippen molar-refractivity contribution in [2.75, 3.05) is 13.1 Å². The molecule has 0 radical (unpaired) electrons. The van der Waals surface area contributed by atoms with Crippen LogP contribution < -0.4 is 0 Å². The third kappa shape index (κ3) is 4.35. The Kier molecular flexibility index (Phi) is 5.00. The summed E-state index contributed by atoms with van der Waals surface area (Å²) in [7, 11) is 0. The summed E-state index contributed by atoms with van der Waals surface area (Å²) in [5, 5.41) is 8.93. The van der Waals surface area contributed by atoms with E-state index >= 15 is 0 Å². The van der Waals surface area contributed by atoms with Crippen molar-refractivity contribution in [3.63, 3.8) is 0 Å². The highest BCUT2D eigenvalue weighted by Crippen LogP contribution is 2.30. The third-order valence-corrected chi connectivity index (χ3v) is 3.15. The molecule has 0 aliphatic heterocycles. The zero-order valence-electron chi connectivity index (χ0n) is 10.6. The normalized spacial score (nSPS) is 17.2. The van der Waals surface area contributed by atoms with Crippen molar-refractivity contribution in [1.29, 1.82) is 0 Å². The molecule has 0 amide bonds. The van der Waals surface area contributed by atoms with Crippen LogP contribution in [0.25, 0.3) is 0 Å². The molecule has 0 heterocycles. The Balaban J connectivity index is 2.49. The van der Waals surface area contributed by atoms with E-state index < -0.39 is 5.97 Å². The summed E-state index contributed by atoms with van der Waals surface area (Å²) in [5.74, 6) is 0.0725. The average Bonchev–Trinajstić information content (AvgIpc) is 2.99. The van der Waals surface area contributed by atoms with E-state index in [4.69, 9.17) is 5.11 Å². The van der Waals surface area contributed by atoms with Crippen LogP contribution in [-0.2, 0) is 4.79 Å². The van der Waals surface area contributed by atoms with E-state index in [1.54, 1.807) is 0 Å². The minimum Gasteiger partial charge on any atom is -0.478 e. The smallest absolute Gasteiger partial charge is 0.331 e. The van der Waals surface area contributed by atoms with Crippen LogP contribution in [0.5, 0.6) is 0 Å². The summed E-state index contributed by atoms with van der Waals surface area (Å²) in [6.45, 7) is 8.11. The second-order valence-electron chi connectivity index (χ2n) is 4.88. The molecule has 0 aromatic heterocycles. The fourth-order valence-electron chi connectivity index (χ4n) is 1.74. The zero-order valence-corrected chi connectivity index (χ0v) is 10.6. The molecule has 1 aliphatic carbocycles. The lowest BCUT2D eigenvalue weighted by Gasteiger charge is -2.25. The van der Waals surface area contributed by atoms with Crippen molar-refractivity contribution in [2.24, 2.45) is 5.92 Å². The molecule has 0 aromatic carbocycles. The molecule has 3 heteroatoms. The quantitative estimate of drug-likeness (QED) is 0.677. The van der Waals surface area contributed by atoms with Gasteiger partial charge in [-0.3, -0.25) is 4.90 Å². The van der Waals surface area contributed by atoms with Crippen LogP contribution >= 0.6 is 0 Å². The molecule has 0 atom stereocenters. The number of rotatable bonds is 7. The fourth-order valence-corrected chi connectivity index (χ4v) is 1.74. The van der Waals surface area contributed by atoms with Crippen LogP contribution in [-0.4, -0.2) is 35.1 Å². The Morgan fingerprint density at radius 2 is 2.12 bits per heavy atom. The van der Waals surface area contributed by atoms with Crippen molar-refractivity contribution >= 4 is 5.97 Å². The van der Waals surface area contributed by atoms with E-state index in [1.165, 1.54) is 12.8 Å². The topological polar surface area (TPSA) is 40.5 Å².